The van der Waals surface area contributed by atoms with Gasteiger partial charge in [0.1, 0.15) is 11.5 Å². The molecule has 0 spiro atoms. The molecule has 5 rings (SSSR count). The summed E-state index contributed by atoms with van der Waals surface area (Å²) in [5.74, 6) is 2.63. The largest absolute Gasteiger partial charge is 0.497 e. The van der Waals surface area contributed by atoms with E-state index in [0.29, 0.717) is 28.8 Å². The van der Waals surface area contributed by atoms with E-state index in [9.17, 15) is 4.79 Å². The van der Waals surface area contributed by atoms with Gasteiger partial charge in [0.2, 0.25) is 11.7 Å². The Hall–Kier alpha value is -3.42. The summed E-state index contributed by atoms with van der Waals surface area (Å²) in [5.41, 5.74) is 1.47. The zero-order valence-electron chi connectivity index (χ0n) is 17.5. The average Bonchev–Trinajstić information content (AvgIpc) is 3.41. The van der Waals surface area contributed by atoms with Gasteiger partial charge < -0.3 is 18.9 Å². The zero-order chi connectivity index (χ0) is 21.4. The van der Waals surface area contributed by atoms with Crippen LogP contribution >= 0.6 is 0 Å². The highest BCUT2D eigenvalue weighted by Gasteiger charge is 2.45. The molecule has 0 aliphatic carbocycles. The molecule has 1 amide bonds. The number of piperidine rings is 1. The van der Waals surface area contributed by atoms with Crippen LogP contribution in [-0.4, -0.2) is 52.2 Å². The van der Waals surface area contributed by atoms with Crippen molar-refractivity contribution in [3.63, 3.8) is 0 Å². The summed E-state index contributed by atoms with van der Waals surface area (Å²) in [7, 11) is 3.17. The van der Waals surface area contributed by atoms with E-state index in [1.807, 2.05) is 17.0 Å². The molecule has 4 heterocycles. The predicted molar refractivity (Wildman–Crippen MR) is 112 cm³/mol. The molecule has 2 fully saturated rings. The summed E-state index contributed by atoms with van der Waals surface area (Å²) >= 11 is 0. The van der Waals surface area contributed by atoms with Gasteiger partial charge in [-0.1, -0.05) is 5.16 Å². The van der Waals surface area contributed by atoms with Crippen LogP contribution < -0.4 is 9.47 Å². The van der Waals surface area contributed by atoms with Crippen LogP contribution in [0.1, 0.15) is 47.8 Å². The Balaban J connectivity index is 1.35. The number of pyridine rings is 1. The minimum absolute atomic E-state index is 0.0196. The fraction of sp³-hybridized carbons (Fsp3) is 0.391. The van der Waals surface area contributed by atoms with E-state index in [0.717, 1.165) is 31.2 Å². The number of hydrogen-bond donors (Lipinski definition) is 0. The number of hydrogen-bond acceptors (Lipinski definition) is 7. The topological polar surface area (TPSA) is 90.6 Å². The van der Waals surface area contributed by atoms with Crippen molar-refractivity contribution in [3.05, 3.63) is 54.2 Å². The highest BCUT2D eigenvalue weighted by atomic mass is 16.5. The lowest BCUT2D eigenvalue weighted by atomic mass is 9.90. The van der Waals surface area contributed by atoms with Crippen molar-refractivity contribution >= 4 is 5.91 Å². The number of amides is 1. The number of fused-ring (bicyclic) bond motifs is 2. The van der Waals surface area contributed by atoms with E-state index < -0.39 is 0 Å². The van der Waals surface area contributed by atoms with E-state index in [1.54, 1.807) is 44.8 Å². The van der Waals surface area contributed by atoms with E-state index in [1.165, 1.54) is 0 Å². The lowest BCUT2D eigenvalue weighted by Gasteiger charge is -2.38. The number of carbonyl (C=O) groups excluding carboxylic acids is 1. The van der Waals surface area contributed by atoms with Gasteiger partial charge in [-0.25, -0.2) is 0 Å². The van der Waals surface area contributed by atoms with Crippen molar-refractivity contribution in [2.24, 2.45) is 0 Å². The van der Waals surface area contributed by atoms with Crippen LogP contribution in [0.25, 0.3) is 11.4 Å². The SMILES string of the molecule is COc1cc(OC)cc(C(=O)N2C3CCC2CC(c2nc(-c4ccncc4)no2)C3)c1. The smallest absolute Gasteiger partial charge is 0.254 e. The molecular formula is C23H24N4O4. The van der Waals surface area contributed by atoms with Crippen LogP contribution in [0.4, 0.5) is 0 Å². The number of benzene rings is 1. The Kier molecular flexibility index (Phi) is 5.05. The number of aromatic nitrogens is 3. The van der Waals surface area contributed by atoms with Crippen LogP contribution in [0.15, 0.2) is 47.2 Å². The van der Waals surface area contributed by atoms with Gasteiger partial charge >= 0.3 is 0 Å². The summed E-state index contributed by atoms with van der Waals surface area (Å²) in [5, 5.41) is 4.15. The lowest BCUT2D eigenvalue weighted by molar-refractivity contribution is 0.0554. The highest BCUT2D eigenvalue weighted by molar-refractivity contribution is 5.95. The van der Waals surface area contributed by atoms with Gasteiger partial charge in [-0.05, 0) is 49.9 Å². The molecule has 1 aromatic carbocycles. The first kappa shape index (κ1) is 19.5. The third-order valence-electron chi connectivity index (χ3n) is 6.30. The van der Waals surface area contributed by atoms with Gasteiger partial charge in [-0.15, -0.1) is 0 Å². The van der Waals surface area contributed by atoms with Crippen molar-refractivity contribution < 1.29 is 18.8 Å². The van der Waals surface area contributed by atoms with E-state index in [4.69, 9.17) is 14.0 Å². The average molecular weight is 420 g/mol. The fourth-order valence-corrected chi connectivity index (χ4v) is 4.81. The molecular weight excluding hydrogens is 396 g/mol. The molecule has 2 unspecified atom stereocenters. The Labute approximate surface area is 180 Å². The third-order valence-corrected chi connectivity index (χ3v) is 6.30. The predicted octanol–water partition coefficient (Wildman–Crippen LogP) is 3.70. The molecule has 0 saturated carbocycles. The van der Waals surface area contributed by atoms with Crippen molar-refractivity contribution in [2.75, 3.05) is 14.2 Å². The number of methoxy groups -OCH3 is 2. The second-order valence-electron chi connectivity index (χ2n) is 8.06. The normalized spacial score (nSPS) is 22.4. The number of nitrogens with zero attached hydrogens (tertiary/aromatic N) is 4. The Bertz CT molecular complexity index is 1050. The summed E-state index contributed by atoms with van der Waals surface area (Å²) in [4.78, 5) is 24.1. The molecule has 8 nitrogen and oxygen atoms in total. The first-order valence-corrected chi connectivity index (χ1v) is 10.5. The van der Waals surface area contributed by atoms with Crippen LogP contribution in [0.5, 0.6) is 11.5 Å². The van der Waals surface area contributed by atoms with Crippen molar-refractivity contribution in [1.82, 2.24) is 20.0 Å². The molecule has 2 saturated heterocycles. The van der Waals surface area contributed by atoms with Crippen LogP contribution in [0.3, 0.4) is 0 Å². The van der Waals surface area contributed by atoms with Crippen molar-refractivity contribution in [3.8, 4) is 22.9 Å². The van der Waals surface area contributed by atoms with Gasteiger partial charge in [0.15, 0.2) is 0 Å². The number of carbonyl (C=O) groups is 1. The summed E-state index contributed by atoms with van der Waals surface area (Å²) < 4.78 is 16.3. The monoisotopic (exact) mass is 420 g/mol. The third kappa shape index (κ3) is 3.62. The van der Waals surface area contributed by atoms with Gasteiger partial charge in [0.25, 0.3) is 5.91 Å². The quantitative estimate of drug-likeness (QED) is 0.622. The fourth-order valence-electron chi connectivity index (χ4n) is 4.81. The Morgan fingerprint density at radius 1 is 1.03 bits per heavy atom. The van der Waals surface area contributed by atoms with Crippen LogP contribution in [0, 0.1) is 0 Å². The first-order chi connectivity index (χ1) is 15.2. The number of ether oxygens (including phenoxy) is 2. The molecule has 2 aliphatic rings. The molecule has 2 bridgehead atoms. The van der Waals surface area contributed by atoms with Gasteiger partial charge in [-0.3, -0.25) is 9.78 Å². The second kappa shape index (κ2) is 8.02. The zero-order valence-corrected chi connectivity index (χ0v) is 17.5. The first-order valence-electron chi connectivity index (χ1n) is 10.5. The van der Waals surface area contributed by atoms with Crippen molar-refractivity contribution in [2.45, 2.75) is 43.7 Å². The summed E-state index contributed by atoms with van der Waals surface area (Å²) in [6, 6.07) is 9.36. The molecule has 2 atom stereocenters. The van der Waals surface area contributed by atoms with E-state index in [2.05, 4.69) is 15.1 Å². The lowest BCUT2D eigenvalue weighted by Crippen LogP contribution is -2.46. The Morgan fingerprint density at radius 3 is 2.29 bits per heavy atom. The highest BCUT2D eigenvalue weighted by Crippen LogP contribution is 2.43. The molecule has 2 aliphatic heterocycles. The minimum Gasteiger partial charge on any atom is -0.497 e. The molecule has 160 valence electrons. The maximum atomic E-state index is 13.4. The summed E-state index contributed by atoms with van der Waals surface area (Å²) in [6.07, 6.45) is 7.04. The van der Waals surface area contributed by atoms with Gasteiger partial charge in [0, 0.05) is 47.6 Å². The van der Waals surface area contributed by atoms with Crippen LogP contribution in [0.2, 0.25) is 0 Å². The molecule has 2 aromatic heterocycles. The second-order valence-corrected chi connectivity index (χ2v) is 8.06. The maximum Gasteiger partial charge on any atom is 0.254 e. The van der Waals surface area contributed by atoms with Crippen molar-refractivity contribution in [1.29, 1.82) is 0 Å². The summed E-state index contributed by atoms with van der Waals surface area (Å²) in [6.45, 7) is 0. The minimum atomic E-state index is 0.0196. The molecule has 8 heteroatoms. The van der Waals surface area contributed by atoms with E-state index in [-0.39, 0.29) is 23.9 Å². The molecule has 0 radical (unpaired) electrons. The van der Waals surface area contributed by atoms with Gasteiger partial charge in [0.05, 0.1) is 14.2 Å². The molecule has 31 heavy (non-hydrogen) atoms. The van der Waals surface area contributed by atoms with Gasteiger partial charge in [-0.2, -0.15) is 4.98 Å². The van der Waals surface area contributed by atoms with E-state index >= 15 is 0 Å². The molecule has 0 N–H and O–H groups in total. The van der Waals surface area contributed by atoms with Crippen LogP contribution in [-0.2, 0) is 0 Å². The Morgan fingerprint density at radius 2 is 1.68 bits per heavy atom. The standard InChI is InChI=1S/C23H24N4O4/c1-29-19-11-16(12-20(13-19)30-2)23(28)27-17-3-4-18(27)10-15(9-17)22-25-21(26-31-22)14-5-7-24-8-6-14/h5-8,11-13,15,17-18H,3-4,9-10H2,1-2H3. The molecule has 3 aromatic rings. The number of rotatable bonds is 5. The maximum absolute atomic E-state index is 13.4.